The van der Waals surface area contributed by atoms with Crippen molar-refractivity contribution >= 4 is 11.8 Å². The molecule has 4 nitrogen and oxygen atoms in total. The van der Waals surface area contributed by atoms with Gasteiger partial charge in [0.25, 0.3) is 6.01 Å². The third-order valence-corrected chi connectivity index (χ3v) is 4.04. The van der Waals surface area contributed by atoms with Gasteiger partial charge in [0.05, 0.1) is 0 Å². The molecule has 1 aromatic heterocycles. The highest BCUT2D eigenvalue weighted by Crippen LogP contribution is 2.58. The monoisotopic (exact) mass is 220 g/mol. The molecule has 2 atom stereocenters. The van der Waals surface area contributed by atoms with Gasteiger partial charge in [0.2, 0.25) is 0 Å². The van der Waals surface area contributed by atoms with Crippen molar-refractivity contribution in [2.24, 2.45) is 11.3 Å². The maximum atomic E-state index is 9.20. The van der Waals surface area contributed by atoms with Crippen LogP contribution < -0.4 is 4.90 Å². The van der Waals surface area contributed by atoms with Crippen LogP contribution in [0, 0.1) is 11.3 Å². The minimum atomic E-state index is -0.0382. The van der Waals surface area contributed by atoms with E-state index in [1.165, 1.54) is 19.1 Å². The minimum Gasteiger partial charge on any atom is -0.506 e. The summed E-state index contributed by atoms with van der Waals surface area (Å²) in [5, 5.41) is 9.20. The zero-order chi connectivity index (χ0) is 11.3. The summed E-state index contributed by atoms with van der Waals surface area (Å²) in [6.45, 7) is 7.77. The first-order valence-corrected chi connectivity index (χ1v) is 5.69. The number of anilines is 1. The number of rotatable bonds is 2. The normalized spacial score (nSPS) is 32.3. The van der Waals surface area contributed by atoms with Crippen LogP contribution >= 0.6 is 0 Å². The zero-order valence-electron chi connectivity index (χ0n) is 9.44. The molecule has 0 bridgehead atoms. The van der Waals surface area contributed by atoms with Gasteiger partial charge in [-0.3, -0.25) is 0 Å². The second-order valence-electron chi connectivity index (χ2n) is 5.10. The van der Waals surface area contributed by atoms with Gasteiger partial charge in [0.1, 0.15) is 17.7 Å². The number of nitrogens with zero attached hydrogens (tertiary/aromatic N) is 2. The highest BCUT2D eigenvalue weighted by molar-refractivity contribution is 5.52. The van der Waals surface area contributed by atoms with Gasteiger partial charge in [-0.25, -0.2) is 0 Å². The molecule has 1 aliphatic heterocycles. The average molecular weight is 220 g/mol. The Morgan fingerprint density at radius 3 is 3.00 bits per heavy atom. The molecule has 1 aromatic rings. The quantitative estimate of drug-likeness (QED) is 0.778. The first-order valence-electron chi connectivity index (χ1n) is 5.69. The van der Waals surface area contributed by atoms with Crippen LogP contribution in [0.5, 0.6) is 0 Å². The summed E-state index contributed by atoms with van der Waals surface area (Å²) in [7, 11) is 0. The summed E-state index contributed by atoms with van der Waals surface area (Å²) in [5.74, 6) is 0.795. The fourth-order valence-electron chi connectivity index (χ4n) is 2.72. The summed E-state index contributed by atoms with van der Waals surface area (Å²) in [6.07, 6.45) is 4.01. The molecule has 86 valence electrons. The van der Waals surface area contributed by atoms with Crippen molar-refractivity contribution in [3.8, 4) is 0 Å². The Labute approximate surface area is 94.6 Å². The molecule has 0 amide bonds. The largest absolute Gasteiger partial charge is 0.506 e. The van der Waals surface area contributed by atoms with Crippen LogP contribution in [0.15, 0.2) is 17.3 Å². The molecule has 1 N–H and O–H groups in total. The highest BCUT2D eigenvalue weighted by Gasteiger charge is 2.55. The number of aliphatic hydroxyl groups is 1. The third kappa shape index (κ3) is 1.32. The van der Waals surface area contributed by atoms with E-state index < -0.39 is 0 Å². The predicted molar refractivity (Wildman–Crippen MR) is 61.2 cm³/mol. The number of aromatic nitrogens is 1. The SMILES string of the molecule is C=C(O)c1coc(N2CC[C@@]3(CC3C)C2)n1. The smallest absolute Gasteiger partial charge is 0.297 e. The Morgan fingerprint density at radius 1 is 1.75 bits per heavy atom. The van der Waals surface area contributed by atoms with E-state index in [-0.39, 0.29) is 5.76 Å². The molecule has 0 aromatic carbocycles. The summed E-state index contributed by atoms with van der Waals surface area (Å²) in [6, 6.07) is 0.612. The summed E-state index contributed by atoms with van der Waals surface area (Å²) in [5.41, 5.74) is 0.949. The van der Waals surface area contributed by atoms with Gasteiger partial charge < -0.3 is 14.4 Å². The number of hydrogen-bond acceptors (Lipinski definition) is 4. The standard InChI is InChI=1S/C12H16N2O2/c1-8-5-12(8)3-4-14(7-12)11-13-10(6-16-11)9(2)15/h6,8,15H,2-5,7H2,1H3/t8?,12-/m1/s1. The van der Waals surface area contributed by atoms with E-state index in [0.717, 1.165) is 19.0 Å². The van der Waals surface area contributed by atoms with E-state index in [1.54, 1.807) is 0 Å². The predicted octanol–water partition coefficient (Wildman–Crippen LogP) is 2.44. The second kappa shape index (κ2) is 3.03. The van der Waals surface area contributed by atoms with Crippen molar-refractivity contribution in [3.05, 3.63) is 18.5 Å². The van der Waals surface area contributed by atoms with Gasteiger partial charge >= 0.3 is 0 Å². The molecule has 1 aliphatic carbocycles. The van der Waals surface area contributed by atoms with Gasteiger partial charge in [-0.1, -0.05) is 13.5 Å². The molecule has 1 saturated heterocycles. The number of aliphatic hydroxyl groups excluding tert-OH is 1. The lowest BCUT2D eigenvalue weighted by atomic mass is 10.0. The molecule has 16 heavy (non-hydrogen) atoms. The summed E-state index contributed by atoms with van der Waals surface area (Å²) >= 11 is 0. The van der Waals surface area contributed by atoms with Crippen molar-refractivity contribution in [1.29, 1.82) is 0 Å². The van der Waals surface area contributed by atoms with Crippen LogP contribution in [0.3, 0.4) is 0 Å². The van der Waals surface area contributed by atoms with E-state index in [0.29, 0.717) is 17.1 Å². The van der Waals surface area contributed by atoms with Gasteiger partial charge in [-0.05, 0) is 24.2 Å². The average Bonchev–Trinajstić information content (AvgIpc) is 2.70. The Morgan fingerprint density at radius 2 is 2.50 bits per heavy atom. The Balaban J connectivity index is 1.76. The molecule has 4 heteroatoms. The summed E-state index contributed by atoms with van der Waals surface area (Å²) < 4.78 is 5.36. The van der Waals surface area contributed by atoms with Gasteiger partial charge in [-0.2, -0.15) is 4.98 Å². The van der Waals surface area contributed by atoms with Crippen molar-refractivity contribution in [2.75, 3.05) is 18.0 Å². The molecule has 2 fully saturated rings. The maximum absolute atomic E-state index is 9.20. The second-order valence-corrected chi connectivity index (χ2v) is 5.10. The van der Waals surface area contributed by atoms with Crippen LogP contribution in [0.4, 0.5) is 6.01 Å². The number of hydrogen-bond donors (Lipinski definition) is 1. The molecule has 3 rings (SSSR count). The van der Waals surface area contributed by atoms with Crippen LogP contribution in [-0.4, -0.2) is 23.2 Å². The Kier molecular flexibility index (Phi) is 1.85. The molecule has 2 aliphatic rings. The first-order chi connectivity index (χ1) is 7.61. The Bertz CT molecular complexity index is 440. The third-order valence-electron chi connectivity index (χ3n) is 4.04. The first kappa shape index (κ1) is 9.75. The van der Waals surface area contributed by atoms with Crippen LogP contribution in [0.2, 0.25) is 0 Å². The zero-order valence-corrected chi connectivity index (χ0v) is 9.44. The number of oxazole rings is 1. The van der Waals surface area contributed by atoms with Crippen molar-refractivity contribution in [3.63, 3.8) is 0 Å². The van der Waals surface area contributed by atoms with Crippen LogP contribution in [0.1, 0.15) is 25.5 Å². The van der Waals surface area contributed by atoms with E-state index in [1.807, 2.05) is 0 Å². The molecule has 1 unspecified atom stereocenters. The molecule has 2 heterocycles. The van der Waals surface area contributed by atoms with E-state index >= 15 is 0 Å². The van der Waals surface area contributed by atoms with Crippen LogP contribution in [0.25, 0.3) is 5.76 Å². The fourth-order valence-corrected chi connectivity index (χ4v) is 2.72. The minimum absolute atomic E-state index is 0.0382. The molecule has 1 spiro atoms. The van der Waals surface area contributed by atoms with Gasteiger partial charge in [0.15, 0.2) is 0 Å². The lowest BCUT2D eigenvalue weighted by Gasteiger charge is -2.12. The van der Waals surface area contributed by atoms with Crippen molar-refractivity contribution in [2.45, 2.75) is 19.8 Å². The van der Waals surface area contributed by atoms with E-state index in [9.17, 15) is 5.11 Å². The topological polar surface area (TPSA) is 49.5 Å². The molecular formula is C12H16N2O2. The van der Waals surface area contributed by atoms with E-state index in [4.69, 9.17) is 4.42 Å². The van der Waals surface area contributed by atoms with Gasteiger partial charge in [0, 0.05) is 13.1 Å². The summed E-state index contributed by atoms with van der Waals surface area (Å²) in [4.78, 5) is 6.38. The Hall–Kier alpha value is -1.45. The molecule has 1 saturated carbocycles. The van der Waals surface area contributed by atoms with Crippen molar-refractivity contribution < 1.29 is 9.52 Å². The van der Waals surface area contributed by atoms with E-state index in [2.05, 4.69) is 23.4 Å². The van der Waals surface area contributed by atoms with Gasteiger partial charge in [-0.15, -0.1) is 0 Å². The fraction of sp³-hybridized carbons (Fsp3) is 0.583. The molecule has 0 radical (unpaired) electrons. The highest BCUT2D eigenvalue weighted by atomic mass is 16.4. The lowest BCUT2D eigenvalue weighted by Crippen LogP contribution is -2.20. The lowest BCUT2D eigenvalue weighted by molar-refractivity contribution is 0.506. The maximum Gasteiger partial charge on any atom is 0.297 e. The molecular weight excluding hydrogens is 204 g/mol. The van der Waals surface area contributed by atoms with Crippen molar-refractivity contribution in [1.82, 2.24) is 4.98 Å². The van der Waals surface area contributed by atoms with Crippen LogP contribution in [-0.2, 0) is 0 Å².